The Morgan fingerprint density at radius 3 is 2.56 bits per heavy atom. The number of aryl methyl sites for hydroxylation is 1. The molecule has 0 bridgehead atoms. The van der Waals surface area contributed by atoms with Gasteiger partial charge < -0.3 is 14.9 Å². The highest BCUT2D eigenvalue weighted by atomic mass is 16.5. The largest absolute Gasteiger partial charge is 0.508 e. The standard InChI is InChI=1S/C12H16O4/c1-16-12(15)11(14)4-2-3-9-5-7-10(13)8-6-9/h5-8,11,13-14H,2-4H2,1H3/t11-/m1/s1. The van der Waals surface area contributed by atoms with Crippen molar-refractivity contribution in [2.45, 2.75) is 25.4 Å². The number of aliphatic hydroxyl groups is 1. The van der Waals surface area contributed by atoms with Gasteiger partial charge in [-0.1, -0.05) is 12.1 Å². The van der Waals surface area contributed by atoms with Crippen LogP contribution in [-0.2, 0) is 16.0 Å². The summed E-state index contributed by atoms with van der Waals surface area (Å²) in [7, 11) is 1.26. The molecular weight excluding hydrogens is 208 g/mol. The van der Waals surface area contributed by atoms with Crippen molar-refractivity contribution in [3.63, 3.8) is 0 Å². The molecule has 1 aromatic rings. The molecule has 2 N–H and O–H groups in total. The Kier molecular flexibility index (Phi) is 4.79. The van der Waals surface area contributed by atoms with Gasteiger partial charge in [-0.25, -0.2) is 4.79 Å². The normalized spacial score (nSPS) is 12.1. The first-order valence-corrected chi connectivity index (χ1v) is 5.17. The summed E-state index contributed by atoms with van der Waals surface area (Å²) >= 11 is 0. The lowest BCUT2D eigenvalue weighted by atomic mass is 10.1. The molecule has 0 saturated carbocycles. The van der Waals surface area contributed by atoms with Crippen molar-refractivity contribution in [3.8, 4) is 5.75 Å². The third kappa shape index (κ3) is 3.90. The van der Waals surface area contributed by atoms with E-state index >= 15 is 0 Å². The first-order valence-electron chi connectivity index (χ1n) is 5.17. The second-order valence-electron chi connectivity index (χ2n) is 3.60. The first kappa shape index (κ1) is 12.5. The number of hydrogen-bond donors (Lipinski definition) is 2. The van der Waals surface area contributed by atoms with Crippen LogP contribution in [0.25, 0.3) is 0 Å². The van der Waals surface area contributed by atoms with Crippen LogP contribution < -0.4 is 0 Å². The number of aromatic hydroxyl groups is 1. The number of carbonyl (C=O) groups is 1. The van der Waals surface area contributed by atoms with Crippen LogP contribution in [0.4, 0.5) is 0 Å². The minimum atomic E-state index is -1.04. The Balaban J connectivity index is 2.30. The first-order chi connectivity index (χ1) is 7.63. The summed E-state index contributed by atoms with van der Waals surface area (Å²) in [6, 6.07) is 6.87. The van der Waals surface area contributed by atoms with Crippen LogP contribution in [0.5, 0.6) is 5.75 Å². The molecule has 0 aromatic heterocycles. The minimum absolute atomic E-state index is 0.235. The highest BCUT2D eigenvalue weighted by Crippen LogP contribution is 2.12. The van der Waals surface area contributed by atoms with Gasteiger partial charge in [0, 0.05) is 0 Å². The molecule has 4 heteroatoms. The number of hydrogen-bond acceptors (Lipinski definition) is 4. The van der Waals surface area contributed by atoms with Gasteiger partial charge in [0.15, 0.2) is 6.10 Å². The van der Waals surface area contributed by atoms with Crippen LogP contribution in [0.3, 0.4) is 0 Å². The number of esters is 1. The number of ether oxygens (including phenoxy) is 1. The molecule has 88 valence electrons. The second kappa shape index (κ2) is 6.12. The zero-order valence-electron chi connectivity index (χ0n) is 9.22. The van der Waals surface area contributed by atoms with Crippen molar-refractivity contribution >= 4 is 5.97 Å². The number of aliphatic hydroxyl groups excluding tert-OH is 1. The number of phenols is 1. The molecule has 1 rings (SSSR count). The van der Waals surface area contributed by atoms with Crippen LogP contribution >= 0.6 is 0 Å². The Labute approximate surface area is 94.5 Å². The highest BCUT2D eigenvalue weighted by molar-refractivity contribution is 5.74. The van der Waals surface area contributed by atoms with E-state index in [4.69, 9.17) is 5.11 Å². The van der Waals surface area contributed by atoms with Gasteiger partial charge in [0.25, 0.3) is 0 Å². The summed E-state index contributed by atoms with van der Waals surface area (Å²) in [6.45, 7) is 0. The molecule has 0 aliphatic carbocycles. The smallest absolute Gasteiger partial charge is 0.334 e. The molecule has 4 nitrogen and oxygen atoms in total. The predicted molar refractivity (Wildman–Crippen MR) is 59.1 cm³/mol. The minimum Gasteiger partial charge on any atom is -0.508 e. The average molecular weight is 224 g/mol. The van der Waals surface area contributed by atoms with Crippen molar-refractivity contribution in [3.05, 3.63) is 29.8 Å². The van der Waals surface area contributed by atoms with E-state index in [9.17, 15) is 9.90 Å². The molecule has 0 saturated heterocycles. The van der Waals surface area contributed by atoms with Crippen molar-refractivity contribution in [1.29, 1.82) is 0 Å². The monoisotopic (exact) mass is 224 g/mol. The fourth-order valence-electron chi connectivity index (χ4n) is 1.42. The maximum atomic E-state index is 10.9. The molecule has 1 aromatic carbocycles. The quantitative estimate of drug-likeness (QED) is 0.739. The third-order valence-corrected chi connectivity index (χ3v) is 2.35. The van der Waals surface area contributed by atoms with Crippen LogP contribution in [0.1, 0.15) is 18.4 Å². The zero-order chi connectivity index (χ0) is 12.0. The fraction of sp³-hybridized carbons (Fsp3) is 0.417. The number of methoxy groups -OCH3 is 1. The van der Waals surface area contributed by atoms with Gasteiger partial charge in [-0.3, -0.25) is 0 Å². The number of benzene rings is 1. The predicted octanol–water partition coefficient (Wildman–Crippen LogP) is 1.25. The molecule has 0 aliphatic heterocycles. The molecule has 0 heterocycles. The van der Waals surface area contributed by atoms with E-state index in [-0.39, 0.29) is 5.75 Å². The van der Waals surface area contributed by atoms with Gasteiger partial charge in [0.05, 0.1) is 7.11 Å². The zero-order valence-corrected chi connectivity index (χ0v) is 9.22. The lowest BCUT2D eigenvalue weighted by Crippen LogP contribution is -2.21. The van der Waals surface area contributed by atoms with Gasteiger partial charge in [-0.15, -0.1) is 0 Å². The summed E-state index contributed by atoms with van der Waals surface area (Å²) in [5, 5.41) is 18.4. The summed E-state index contributed by atoms with van der Waals surface area (Å²) in [4.78, 5) is 10.9. The molecule has 0 unspecified atom stereocenters. The van der Waals surface area contributed by atoms with E-state index in [1.807, 2.05) is 12.1 Å². The van der Waals surface area contributed by atoms with Crippen LogP contribution in [0, 0.1) is 0 Å². The topological polar surface area (TPSA) is 66.8 Å². The van der Waals surface area contributed by atoms with E-state index in [2.05, 4.69) is 4.74 Å². The summed E-state index contributed by atoms with van der Waals surface area (Å²) in [5.41, 5.74) is 1.06. The number of rotatable bonds is 5. The van der Waals surface area contributed by atoms with E-state index in [1.54, 1.807) is 12.1 Å². The Bertz CT molecular complexity index is 331. The molecule has 0 radical (unpaired) electrons. The molecular formula is C12H16O4. The van der Waals surface area contributed by atoms with E-state index in [0.29, 0.717) is 12.8 Å². The Morgan fingerprint density at radius 1 is 1.38 bits per heavy atom. The van der Waals surface area contributed by atoms with Crippen LogP contribution in [0.2, 0.25) is 0 Å². The molecule has 0 fully saturated rings. The molecule has 16 heavy (non-hydrogen) atoms. The number of phenolic OH excluding ortho intramolecular Hbond substituents is 1. The molecule has 0 spiro atoms. The second-order valence-corrected chi connectivity index (χ2v) is 3.60. The Morgan fingerprint density at radius 2 is 2.00 bits per heavy atom. The lowest BCUT2D eigenvalue weighted by molar-refractivity contribution is -0.150. The molecule has 0 amide bonds. The maximum absolute atomic E-state index is 10.9. The van der Waals surface area contributed by atoms with Gasteiger partial charge in [0.2, 0.25) is 0 Å². The van der Waals surface area contributed by atoms with E-state index in [1.165, 1.54) is 7.11 Å². The van der Waals surface area contributed by atoms with Gasteiger partial charge in [-0.2, -0.15) is 0 Å². The van der Waals surface area contributed by atoms with Gasteiger partial charge >= 0.3 is 5.97 Å². The van der Waals surface area contributed by atoms with Crippen LogP contribution in [0.15, 0.2) is 24.3 Å². The van der Waals surface area contributed by atoms with E-state index < -0.39 is 12.1 Å². The molecule has 1 atom stereocenters. The van der Waals surface area contributed by atoms with Crippen molar-refractivity contribution < 1.29 is 19.7 Å². The SMILES string of the molecule is COC(=O)[C@H](O)CCCc1ccc(O)cc1. The third-order valence-electron chi connectivity index (χ3n) is 2.35. The summed E-state index contributed by atoms with van der Waals surface area (Å²) in [6.07, 6.45) is 0.797. The van der Waals surface area contributed by atoms with Crippen molar-refractivity contribution in [2.75, 3.05) is 7.11 Å². The van der Waals surface area contributed by atoms with E-state index in [0.717, 1.165) is 12.0 Å². The average Bonchev–Trinajstić information content (AvgIpc) is 2.30. The van der Waals surface area contributed by atoms with Gasteiger partial charge in [-0.05, 0) is 37.0 Å². The Hall–Kier alpha value is -1.55. The van der Waals surface area contributed by atoms with Crippen molar-refractivity contribution in [1.82, 2.24) is 0 Å². The lowest BCUT2D eigenvalue weighted by Gasteiger charge is -2.07. The van der Waals surface area contributed by atoms with Gasteiger partial charge in [0.1, 0.15) is 5.75 Å². The highest BCUT2D eigenvalue weighted by Gasteiger charge is 2.14. The molecule has 0 aliphatic rings. The number of carbonyl (C=O) groups excluding carboxylic acids is 1. The van der Waals surface area contributed by atoms with Crippen molar-refractivity contribution in [2.24, 2.45) is 0 Å². The maximum Gasteiger partial charge on any atom is 0.334 e. The van der Waals surface area contributed by atoms with Crippen LogP contribution in [-0.4, -0.2) is 29.4 Å². The summed E-state index contributed by atoms with van der Waals surface area (Å²) in [5.74, 6) is -0.357. The fourth-order valence-corrected chi connectivity index (χ4v) is 1.42. The summed E-state index contributed by atoms with van der Waals surface area (Å²) < 4.78 is 4.41.